The number of amides is 1. The second kappa shape index (κ2) is 8.35. The molecule has 4 rings (SSSR count). The summed E-state index contributed by atoms with van der Waals surface area (Å²) in [5, 5.41) is 4.62. The summed E-state index contributed by atoms with van der Waals surface area (Å²) in [6, 6.07) is 12.8. The first kappa shape index (κ1) is 19.6. The van der Waals surface area contributed by atoms with Crippen LogP contribution < -0.4 is 0 Å². The van der Waals surface area contributed by atoms with Gasteiger partial charge in [0, 0.05) is 23.6 Å². The molecule has 0 bridgehead atoms. The number of aromatic nitrogens is 2. The summed E-state index contributed by atoms with van der Waals surface area (Å²) in [6.07, 6.45) is 0.446. The molecule has 1 aliphatic heterocycles. The highest BCUT2D eigenvalue weighted by Crippen LogP contribution is 2.29. The lowest BCUT2D eigenvalue weighted by molar-refractivity contribution is -0.0246. The molecule has 6 nitrogen and oxygen atoms in total. The van der Waals surface area contributed by atoms with Gasteiger partial charge in [0.1, 0.15) is 11.9 Å². The zero-order chi connectivity index (χ0) is 20.4. The van der Waals surface area contributed by atoms with Gasteiger partial charge in [-0.25, -0.2) is 4.98 Å². The first-order valence-electron chi connectivity index (χ1n) is 9.65. The highest BCUT2D eigenvalue weighted by atomic mass is 35.5. The minimum atomic E-state index is -0.294. The van der Waals surface area contributed by atoms with E-state index in [1.807, 2.05) is 32.0 Å². The van der Waals surface area contributed by atoms with Crippen LogP contribution in [-0.4, -0.2) is 40.6 Å². The number of rotatable bonds is 4. The molecule has 150 valence electrons. The highest BCUT2D eigenvalue weighted by molar-refractivity contribution is 6.30. The summed E-state index contributed by atoms with van der Waals surface area (Å²) in [5.41, 5.74) is 3.91. The van der Waals surface area contributed by atoms with Gasteiger partial charge in [-0.2, -0.15) is 0 Å². The number of benzene rings is 1. The van der Waals surface area contributed by atoms with E-state index in [2.05, 4.69) is 5.16 Å². The number of morpholine rings is 1. The van der Waals surface area contributed by atoms with Crippen LogP contribution in [0.3, 0.4) is 0 Å². The maximum absolute atomic E-state index is 12.9. The quantitative estimate of drug-likeness (QED) is 0.633. The van der Waals surface area contributed by atoms with Crippen molar-refractivity contribution in [1.29, 1.82) is 0 Å². The van der Waals surface area contributed by atoms with Crippen LogP contribution in [0, 0.1) is 6.92 Å². The van der Waals surface area contributed by atoms with Gasteiger partial charge < -0.3 is 14.2 Å². The molecule has 1 aromatic carbocycles. The third kappa shape index (κ3) is 4.04. The Morgan fingerprint density at radius 2 is 2.10 bits per heavy atom. The molecule has 0 aliphatic carbocycles. The first-order chi connectivity index (χ1) is 14.1. The number of aryl methyl sites for hydroxylation is 2. The van der Waals surface area contributed by atoms with E-state index in [1.165, 1.54) is 0 Å². The molecule has 3 heterocycles. The minimum Gasteiger partial charge on any atom is -0.368 e. The molecular weight excluding hydrogens is 390 g/mol. The molecule has 1 amide bonds. The van der Waals surface area contributed by atoms with E-state index in [0.717, 1.165) is 34.8 Å². The average Bonchev–Trinajstić information content (AvgIpc) is 3.14. The third-order valence-electron chi connectivity index (χ3n) is 5.04. The van der Waals surface area contributed by atoms with Crippen LogP contribution in [0.25, 0.3) is 11.3 Å². The Balaban J connectivity index is 1.57. The number of ether oxygens (including phenoxy) is 1. The second-order valence-corrected chi connectivity index (χ2v) is 7.42. The Kier molecular flexibility index (Phi) is 5.65. The zero-order valence-corrected chi connectivity index (χ0v) is 17.1. The van der Waals surface area contributed by atoms with Crippen LogP contribution in [0.2, 0.25) is 5.02 Å². The summed E-state index contributed by atoms with van der Waals surface area (Å²) in [5.74, 6) is 0.759. The van der Waals surface area contributed by atoms with Gasteiger partial charge in [-0.3, -0.25) is 4.79 Å². The first-order valence-corrected chi connectivity index (χ1v) is 10.0. The monoisotopic (exact) mass is 411 g/mol. The van der Waals surface area contributed by atoms with Crippen molar-refractivity contribution >= 4 is 17.5 Å². The van der Waals surface area contributed by atoms with E-state index >= 15 is 0 Å². The SMILES string of the molecule is CCc1onc(C)c1-c1cccc([C@H]2CN(C(=O)c3cccc(Cl)c3)CCO2)n1. The van der Waals surface area contributed by atoms with E-state index in [4.69, 9.17) is 25.8 Å². The molecule has 2 aromatic heterocycles. The largest absolute Gasteiger partial charge is 0.368 e. The van der Waals surface area contributed by atoms with Crippen molar-refractivity contribution in [1.82, 2.24) is 15.0 Å². The van der Waals surface area contributed by atoms with Crippen LogP contribution in [0.5, 0.6) is 0 Å². The minimum absolute atomic E-state index is 0.0555. The van der Waals surface area contributed by atoms with E-state index in [0.29, 0.717) is 30.3 Å². The van der Waals surface area contributed by atoms with Crippen molar-refractivity contribution in [3.05, 3.63) is 70.2 Å². The molecule has 0 N–H and O–H groups in total. The molecule has 3 aromatic rings. The molecule has 1 aliphatic rings. The normalized spacial score (nSPS) is 16.8. The summed E-state index contributed by atoms with van der Waals surface area (Å²) in [6.45, 7) is 5.36. The zero-order valence-electron chi connectivity index (χ0n) is 16.4. The Bertz CT molecular complexity index is 1030. The second-order valence-electron chi connectivity index (χ2n) is 6.99. The Morgan fingerprint density at radius 3 is 2.90 bits per heavy atom. The van der Waals surface area contributed by atoms with Gasteiger partial charge in [0.05, 0.1) is 35.8 Å². The lowest BCUT2D eigenvalue weighted by Crippen LogP contribution is -2.42. The lowest BCUT2D eigenvalue weighted by atomic mass is 10.1. The number of carbonyl (C=O) groups is 1. The van der Waals surface area contributed by atoms with Gasteiger partial charge in [-0.15, -0.1) is 0 Å². The van der Waals surface area contributed by atoms with Crippen molar-refractivity contribution in [2.75, 3.05) is 19.7 Å². The van der Waals surface area contributed by atoms with Gasteiger partial charge >= 0.3 is 0 Å². The number of halogens is 1. The number of carbonyl (C=O) groups excluding carboxylic acids is 1. The molecule has 0 radical (unpaired) electrons. The predicted octanol–water partition coefficient (Wildman–Crippen LogP) is 4.47. The average molecular weight is 412 g/mol. The standard InChI is InChI=1S/C22H22ClN3O3/c1-3-19-21(14(2)25-29-19)18-9-5-8-17(24-18)20-13-26(10-11-28-20)22(27)15-6-4-7-16(23)12-15/h4-9,12,20H,3,10-11,13H2,1-2H3/t20-/m1/s1. The van der Waals surface area contributed by atoms with Gasteiger partial charge in [-0.1, -0.05) is 35.8 Å². The molecule has 0 unspecified atom stereocenters. The van der Waals surface area contributed by atoms with Crippen molar-refractivity contribution in [2.45, 2.75) is 26.4 Å². The fourth-order valence-electron chi connectivity index (χ4n) is 3.57. The van der Waals surface area contributed by atoms with Crippen LogP contribution >= 0.6 is 11.6 Å². The van der Waals surface area contributed by atoms with Gasteiger partial charge in [0.25, 0.3) is 5.91 Å². The molecular formula is C22H22ClN3O3. The summed E-state index contributed by atoms with van der Waals surface area (Å²) >= 11 is 6.04. The molecule has 7 heteroatoms. The van der Waals surface area contributed by atoms with E-state index in [-0.39, 0.29) is 12.0 Å². The number of pyridine rings is 1. The third-order valence-corrected chi connectivity index (χ3v) is 5.27. The van der Waals surface area contributed by atoms with Gasteiger partial charge in [0.2, 0.25) is 0 Å². The van der Waals surface area contributed by atoms with Crippen LogP contribution in [0.15, 0.2) is 47.0 Å². The fourth-order valence-corrected chi connectivity index (χ4v) is 3.76. The number of hydrogen-bond donors (Lipinski definition) is 0. The van der Waals surface area contributed by atoms with Crippen LogP contribution in [0.4, 0.5) is 0 Å². The van der Waals surface area contributed by atoms with Crippen molar-refractivity contribution in [3.63, 3.8) is 0 Å². The van der Waals surface area contributed by atoms with Gasteiger partial charge in [-0.05, 0) is 37.3 Å². The van der Waals surface area contributed by atoms with Crippen molar-refractivity contribution in [3.8, 4) is 11.3 Å². The number of hydrogen-bond acceptors (Lipinski definition) is 5. The Morgan fingerprint density at radius 1 is 1.28 bits per heavy atom. The Hall–Kier alpha value is -2.70. The lowest BCUT2D eigenvalue weighted by Gasteiger charge is -2.33. The van der Waals surface area contributed by atoms with Crippen LogP contribution in [-0.2, 0) is 11.2 Å². The fraction of sp³-hybridized carbons (Fsp3) is 0.318. The predicted molar refractivity (Wildman–Crippen MR) is 110 cm³/mol. The summed E-state index contributed by atoms with van der Waals surface area (Å²) in [7, 11) is 0. The molecule has 1 atom stereocenters. The maximum Gasteiger partial charge on any atom is 0.254 e. The van der Waals surface area contributed by atoms with Crippen LogP contribution in [0.1, 0.15) is 40.5 Å². The summed E-state index contributed by atoms with van der Waals surface area (Å²) < 4.78 is 11.3. The van der Waals surface area contributed by atoms with E-state index < -0.39 is 0 Å². The molecule has 0 spiro atoms. The van der Waals surface area contributed by atoms with Crippen molar-refractivity contribution < 1.29 is 14.1 Å². The molecule has 1 saturated heterocycles. The number of nitrogens with zero attached hydrogens (tertiary/aromatic N) is 3. The van der Waals surface area contributed by atoms with Gasteiger partial charge in [0.15, 0.2) is 0 Å². The van der Waals surface area contributed by atoms with Crippen molar-refractivity contribution in [2.24, 2.45) is 0 Å². The molecule has 29 heavy (non-hydrogen) atoms. The smallest absolute Gasteiger partial charge is 0.254 e. The topological polar surface area (TPSA) is 68.5 Å². The van der Waals surface area contributed by atoms with E-state index in [1.54, 1.807) is 29.2 Å². The molecule has 1 fully saturated rings. The Labute approximate surface area is 174 Å². The highest BCUT2D eigenvalue weighted by Gasteiger charge is 2.27. The summed E-state index contributed by atoms with van der Waals surface area (Å²) in [4.78, 5) is 19.5. The van der Waals surface area contributed by atoms with E-state index in [9.17, 15) is 4.79 Å². The molecule has 0 saturated carbocycles. The maximum atomic E-state index is 12.9.